The monoisotopic (exact) mass is 363 g/mol. The molecule has 0 spiro atoms. The molecule has 1 saturated heterocycles. The number of aryl methyl sites for hydroxylation is 1. The number of fused-ring (bicyclic) bond motifs is 1. The van der Waals surface area contributed by atoms with E-state index in [1.54, 1.807) is 25.2 Å². The molecule has 0 aliphatic carbocycles. The Kier molecular flexibility index (Phi) is 5.84. The number of carbonyl (C=O) groups excluding carboxylic acids is 1. The minimum atomic E-state index is -0.108. The van der Waals surface area contributed by atoms with Crippen molar-refractivity contribution in [3.8, 4) is 0 Å². The minimum absolute atomic E-state index is 0.00325. The van der Waals surface area contributed by atoms with Gasteiger partial charge in [-0.2, -0.15) is 0 Å². The summed E-state index contributed by atoms with van der Waals surface area (Å²) in [6, 6.07) is 5.26. The van der Waals surface area contributed by atoms with E-state index in [0.717, 1.165) is 18.1 Å². The lowest BCUT2D eigenvalue weighted by Crippen LogP contribution is -2.17. The number of carbonyl (C=O) groups is 1. The Hall–Kier alpha value is -1.47. The van der Waals surface area contributed by atoms with Crippen molar-refractivity contribution in [3.63, 3.8) is 0 Å². The summed E-state index contributed by atoms with van der Waals surface area (Å²) < 4.78 is 1.44. The molecule has 0 radical (unpaired) electrons. The summed E-state index contributed by atoms with van der Waals surface area (Å²) in [5.74, 6) is 1.26. The molecule has 1 atom stereocenters. The van der Waals surface area contributed by atoms with Gasteiger partial charge in [-0.1, -0.05) is 28.0 Å². The fraction of sp³-hybridized carbons (Fsp3) is 0.471. The highest BCUT2D eigenvalue weighted by Crippen LogP contribution is 2.39. The number of nitrogens with one attached hydrogen (secondary N) is 1. The number of anilines is 1. The first kappa shape index (κ1) is 17.4. The smallest absolute Gasteiger partial charge is 0.260 e. The third-order valence-corrected chi connectivity index (χ3v) is 7.12. The van der Waals surface area contributed by atoms with E-state index in [0.29, 0.717) is 23.0 Å². The van der Waals surface area contributed by atoms with Crippen LogP contribution in [0.5, 0.6) is 0 Å². The zero-order chi connectivity index (χ0) is 16.9. The van der Waals surface area contributed by atoms with E-state index in [1.807, 2.05) is 21.6 Å². The molecule has 24 heavy (non-hydrogen) atoms. The van der Waals surface area contributed by atoms with Crippen LogP contribution in [-0.4, -0.2) is 26.5 Å². The Balaban J connectivity index is 1.53. The average molecular weight is 364 g/mol. The zero-order valence-corrected chi connectivity index (χ0v) is 15.3. The van der Waals surface area contributed by atoms with E-state index >= 15 is 0 Å². The Bertz CT molecular complexity index is 785. The van der Waals surface area contributed by atoms with Gasteiger partial charge < -0.3 is 9.88 Å². The van der Waals surface area contributed by atoms with Crippen LogP contribution in [0.15, 0.2) is 29.3 Å². The van der Waals surface area contributed by atoms with Crippen molar-refractivity contribution in [2.75, 3.05) is 11.1 Å². The predicted molar refractivity (Wildman–Crippen MR) is 103 cm³/mol. The lowest BCUT2D eigenvalue weighted by atomic mass is 10.1. The van der Waals surface area contributed by atoms with Gasteiger partial charge >= 0.3 is 0 Å². The van der Waals surface area contributed by atoms with Crippen molar-refractivity contribution in [1.29, 1.82) is 0 Å². The van der Waals surface area contributed by atoms with Crippen molar-refractivity contribution in [1.82, 2.24) is 9.55 Å². The van der Waals surface area contributed by atoms with Crippen LogP contribution in [0.4, 0.5) is 5.69 Å². The van der Waals surface area contributed by atoms with E-state index in [9.17, 15) is 9.59 Å². The Morgan fingerprint density at radius 1 is 1.42 bits per heavy atom. The molecule has 1 amide bonds. The average Bonchev–Trinajstić information content (AvgIpc) is 3.09. The summed E-state index contributed by atoms with van der Waals surface area (Å²) in [5, 5.41) is 4.17. The number of amides is 1. The molecule has 1 aromatic carbocycles. The molecule has 1 N–H and O–H groups in total. The fourth-order valence-corrected chi connectivity index (χ4v) is 5.76. The molecular weight excluding hydrogens is 342 g/mol. The Morgan fingerprint density at radius 2 is 2.29 bits per heavy atom. The number of aromatic nitrogens is 2. The molecular formula is C17H21N3O2S2. The highest BCUT2D eigenvalue weighted by Gasteiger charge is 2.15. The van der Waals surface area contributed by atoms with Crippen LogP contribution in [-0.2, 0) is 11.8 Å². The van der Waals surface area contributed by atoms with Crippen LogP contribution < -0.4 is 10.9 Å². The van der Waals surface area contributed by atoms with Gasteiger partial charge in [-0.3, -0.25) is 9.59 Å². The predicted octanol–water partition coefficient (Wildman–Crippen LogP) is 3.59. The molecule has 1 unspecified atom stereocenters. The van der Waals surface area contributed by atoms with E-state index in [-0.39, 0.29) is 11.5 Å². The molecule has 1 aromatic heterocycles. The van der Waals surface area contributed by atoms with E-state index in [4.69, 9.17) is 0 Å². The second kappa shape index (κ2) is 8.07. The molecule has 1 aliphatic rings. The summed E-state index contributed by atoms with van der Waals surface area (Å²) in [6.45, 7) is 0. The second-order valence-electron chi connectivity index (χ2n) is 6.02. The lowest BCUT2D eigenvalue weighted by molar-refractivity contribution is -0.116. The minimum Gasteiger partial charge on any atom is -0.326 e. The van der Waals surface area contributed by atoms with Gasteiger partial charge in [0.15, 0.2) is 0 Å². The van der Waals surface area contributed by atoms with Gasteiger partial charge in [0.25, 0.3) is 5.56 Å². The molecule has 1 fully saturated rings. The van der Waals surface area contributed by atoms with E-state index in [1.165, 1.54) is 29.5 Å². The Labute approximate surface area is 149 Å². The highest BCUT2D eigenvalue weighted by molar-refractivity contribution is 8.77. The Morgan fingerprint density at radius 3 is 3.08 bits per heavy atom. The first-order chi connectivity index (χ1) is 11.6. The number of nitrogens with zero attached hydrogens (tertiary/aromatic N) is 2. The maximum absolute atomic E-state index is 12.1. The molecule has 2 aromatic rings. The molecule has 5 nitrogen and oxygen atoms in total. The second-order valence-corrected chi connectivity index (χ2v) is 8.80. The van der Waals surface area contributed by atoms with Crippen molar-refractivity contribution < 1.29 is 4.79 Å². The number of rotatable bonds is 6. The topological polar surface area (TPSA) is 64.0 Å². The van der Waals surface area contributed by atoms with Crippen molar-refractivity contribution in [2.24, 2.45) is 7.05 Å². The molecule has 2 heterocycles. The fourth-order valence-electron chi connectivity index (χ4n) is 2.73. The molecule has 1 aliphatic heterocycles. The molecule has 7 heteroatoms. The summed E-state index contributed by atoms with van der Waals surface area (Å²) in [4.78, 5) is 28.4. The van der Waals surface area contributed by atoms with Gasteiger partial charge in [0.2, 0.25) is 5.91 Å². The first-order valence-corrected chi connectivity index (χ1v) is 10.6. The highest BCUT2D eigenvalue weighted by atomic mass is 33.1. The standard InChI is InChI=1S/C17H21N3O2S2/c1-20-11-18-15-7-6-12(10-14(15)17(20)22)19-16(21)5-3-2-4-13-8-9-23-24-13/h6-7,10-11,13H,2-5,8-9H2,1H3,(H,19,21). The zero-order valence-electron chi connectivity index (χ0n) is 13.7. The van der Waals surface area contributed by atoms with Gasteiger partial charge in [-0.25, -0.2) is 4.98 Å². The lowest BCUT2D eigenvalue weighted by Gasteiger charge is -2.08. The van der Waals surface area contributed by atoms with Gasteiger partial charge in [0.05, 0.1) is 17.2 Å². The largest absolute Gasteiger partial charge is 0.326 e. The number of hydrogen-bond donors (Lipinski definition) is 1. The van der Waals surface area contributed by atoms with Gasteiger partial charge in [0.1, 0.15) is 0 Å². The van der Waals surface area contributed by atoms with Gasteiger partial charge in [-0.05, 0) is 37.5 Å². The van der Waals surface area contributed by atoms with E-state index < -0.39 is 0 Å². The van der Waals surface area contributed by atoms with E-state index in [2.05, 4.69) is 10.3 Å². The third kappa shape index (κ3) is 4.33. The quantitative estimate of drug-likeness (QED) is 0.628. The number of unbranched alkanes of at least 4 members (excludes halogenated alkanes) is 1. The van der Waals surface area contributed by atoms with Crippen molar-refractivity contribution in [2.45, 2.75) is 37.4 Å². The summed E-state index contributed by atoms with van der Waals surface area (Å²) >= 11 is 0. The first-order valence-electron chi connectivity index (χ1n) is 8.17. The molecule has 0 saturated carbocycles. The summed E-state index contributed by atoms with van der Waals surface area (Å²) in [6.07, 6.45) is 6.51. The number of hydrogen-bond acceptors (Lipinski definition) is 5. The summed E-state index contributed by atoms with van der Waals surface area (Å²) in [7, 11) is 5.61. The van der Waals surface area contributed by atoms with Crippen LogP contribution in [0.2, 0.25) is 0 Å². The van der Waals surface area contributed by atoms with Crippen molar-refractivity contribution >= 4 is 44.1 Å². The van der Waals surface area contributed by atoms with Crippen molar-refractivity contribution in [3.05, 3.63) is 34.9 Å². The van der Waals surface area contributed by atoms with Gasteiger partial charge in [-0.15, -0.1) is 0 Å². The maximum Gasteiger partial charge on any atom is 0.260 e. The van der Waals surface area contributed by atoms with Crippen LogP contribution in [0, 0.1) is 0 Å². The van der Waals surface area contributed by atoms with Gasteiger partial charge in [0, 0.05) is 30.2 Å². The molecule has 128 valence electrons. The van der Waals surface area contributed by atoms with Crippen LogP contribution in [0.3, 0.4) is 0 Å². The normalized spacial score (nSPS) is 17.3. The maximum atomic E-state index is 12.1. The molecule has 0 bridgehead atoms. The number of benzene rings is 1. The summed E-state index contributed by atoms with van der Waals surface area (Å²) in [5.41, 5.74) is 1.19. The third-order valence-electron chi connectivity index (χ3n) is 4.11. The molecule has 3 rings (SSSR count). The van der Waals surface area contributed by atoms with Crippen LogP contribution in [0.1, 0.15) is 32.1 Å². The SMILES string of the molecule is Cn1cnc2ccc(NC(=O)CCCCC3CCSS3)cc2c1=O. The van der Waals surface area contributed by atoms with Crippen LogP contribution >= 0.6 is 21.6 Å². The van der Waals surface area contributed by atoms with Crippen LogP contribution in [0.25, 0.3) is 10.9 Å².